The standard InChI is InChI=1S/C23H13N5OS/c1-13-15(10-14(11-24)22-27-18-7-3-5-9-20(18)30-22)23(29)28-19-8-4-2-6-17(19)26-21(28)16(13)12-25/h2-10,26H,1H3/b14-10+. The maximum absolute atomic E-state index is 13.4. The number of fused-ring (bicyclic) bond motifs is 4. The number of hydrogen-bond donors (Lipinski definition) is 1. The first-order valence-electron chi connectivity index (χ1n) is 9.16. The summed E-state index contributed by atoms with van der Waals surface area (Å²) >= 11 is 1.40. The van der Waals surface area contributed by atoms with Gasteiger partial charge in [-0.15, -0.1) is 11.3 Å². The summed E-state index contributed by atoms with van der Waals surface area (Å²) in [6, 6.07) is 19.4. The first kappa shape index (κ1) is 17.9. The minimum absolute atomic E-state index is 0.284. The number of H-pyrrole nitrogens is 1. The third kappa shape index (κ3) is 2.54. The highest BCUT2D eigenvalue weighted by Gasteiger charge is 2.19. The molecule has 0 saturated heterocycles. The van der Waals surface area contributed by atoms with Gasteiger partial charge in [0.25, 0.3) is 5.56 Å². The third-order valence-corrected chi connectivity index (χ3v) is 6.19. The van der Waals surface area contributed by atoms with Crippen molar-refractivity contribution in [3.8, 4) is 12.1 Å². The number of nitriles is 2. The van der Waals surface area contributed by atoms with Gasteiger partial charge in [-0.2, -0.15) is 10.5 Å². The lowest BCUT2D eigenvalue weighted by atomic mass is 10.0. The van der Waals surface area contributed by atoms with E-state index in [4.69, 9.17) is 0 Å². The Labute approximate surface area is 174 Å². The van der Waals surface area contributed by atoms with Crippen molar-refractivity contribution in [2.24, 2.45) is 0 Å². The second-order valence-corrected chi connectivity index (χ2v) is 7.84. The fraction of sp³-hybridized carbons (Fsp3) is 0.0435. The van der Waals surface area contributed by atoms with Crippen LogP contribution in [0.5, 0.6) is 0 Å². The molecular formula is C23H13N5OS. The summed E-state index contributed by atoms with van der Waals surface area (Å²) in [6.45, 7) is 1.73. The van der Waals surface area contributed by atoms with Gasteiger partial charge in [0.1, 0.15) is 22.8 Å². The van der Waals surface area contributed by atoms with Crippen molar-refractivity contribution in [2.45, 2.75) is 6.92 Å². The minimum atomic E-state index is -0.284. The highest BCUT2D eigenvalue weighted by atomic mass is 32.1. The van der Waals surface area contributed by atoms with Crippen molar-refractivity contribution in [3.05, 3.63) is 80.6 Å². The van der Waals surface area contributed by atoms with Gasteiger partial charge in [-0.1, -0.05) is 24.3 Å². The Morgan fingerprint density at radius 2 is 1.93 bits per heavy atom. The molecule has 0 saturated carbocycles. The molecule has 5 aromatic rings. The predicted octanol–water partition coefficient (Wildman–Crippen LogP) is 4.63. The van der Waals surface area contributed by atoms with Crippen molar-refractivity contribution in [1.82, 2.24) is 14.4 Å². The fourth-order valence-electron chi connectivity index (χ4n) is 3.64. The van der Waals surface area contributed by atoms with Crippen LogP contribution < -0.4 is 5.56 Å². The summed E-state index contributed by atoms with van der Waals surface area (Å²) in [5, 5.41) is 20.1. The van der Waals surface area contributed by atoms with E-state index in [0.29, 0.717) is 38.4 Å². The number of benzene rings is 2. The molecule has 3 aromatic heterocycles. The zero-order valence-electron chi connectivity index (χ0n) is 15.8. The number of thiazole rings is 1. The second-order valence-electron chi connectivity index (χ2n) is 6.81. The van der Waals surface area contributed by atoms with Crippen LogP contribution in [0.2, 0.25) is 0 Å². The highest BCUT2D eigenvalue weighted by molar-refractivity contribution is 7.19. The molecule has 2 aromatic carbocycles. The highest BCUT2D eigenvalue weighted by Crippen LogP contribution is 2.29. The number of aromatic amines is 1. The Hall–Kier alpha value is -4.20. The summed E-state index contributed by atoms with van der Waals surface area (Å²) in [6.07, 6.45) is 1.55. The molecular weight excluding hydrogens is 394 g/mol. The van der Waals surface area contributed by atoms with E-state index in [9.17, 15) is 15.3 Å². The van der Waals surface area contributed by atoms with Crippen molar-refractivity contribution in [3.63, 3.8) is 0 Å². The number of pyridine rings is 1. The predicted molar refractivity (Wildman–Crippen MR) is 118 cm³/mol. The Kier molecular flexibility index (Phi) is 3.99. The molecule has 1 N–H and O–H groups in total. The van der Waals surface area contributed by atoms with Crippen molar-refractivity contribution < 1.29 is 0 Å². The Morgan fingerprint density at radius 3 is 2.70 bits per heavy atom. The van der Waals surface area contributed by atoms with E-state index >= 15 is 0 Å². The molecule has 3 heterocycles. The van der Waals surface area contributed by atoms with Crippen LogP contribution in [0.15, 0.2) is 53.3 Å². The van der Waals surface area contributed by atoms with Crippen LogP contribution >= 0.6 is 11.3 Å². The Morgan fingerprint density at radius 1 is 1.17 bits per heavy atom. The zero-order valence-corrected chi connectivity index (χ0v) is 16.6. The summed E-state index contributed by atoms with van der Waals surface area (Å²) in [5.41, 5.74) is 3.92. The molecule has 0 amide bonds. The number of nitrogens with zero attached hydrogens (tertiary/aromatic N) is 4. The first-order chi connectivity index (χ1) is 14.6. The van der Waals surface area contributed by atoms with E-state index in [0.717, 1.165) is 15.7 Å². The van der Waals surface area contributed by atoms with Crippen molar-refractivity contribution in [1.29, 1.82) is 10.5 Å². The number of imidazole rings is 1. The largest absolute Gasteiger partial charge is 0.338 e. The Balaban J connectivity index is 1.83. The van der Waals surface area contributed by atoms with Crippen LogP contribution in [0.4, 0.5) is 0 Å². The number of para-hydroxylation sites is 3. The molecule has 6 nitrogen and oxygen atoms in total. The normalized spacial score (nSPS) is 11.8. The van der Waals surface area contributed by atoms with Crippen LogP contribution in [0.25, 0.3) is 38.5 Å². The molecule has 0 bridgehead atoms. The summed E-state index contributed by atoms with van der Waals surface area (Å²) in [5.74, 6) is 0. The summed E-state index contributed by atoms with van der Waals surface area (Å²) in [7, 11) is 0. The van der Waals surface area contributed by atoms with Crippen LogP contribution in [-0.4, -0.2) is 14.4 Å². The Bertz CT molecular complexity index is 1620. The van der Waals surface area contributed by atoms with E-state index in [2.05, 4.69) is 22.1 Å². The van der Waals surface area contributed by atoms with Gasteiger partial charge >= 0.3 is 0 Å². The molecule has 0 radical (unpaired) electrons. The number of allylic oxidation sites excluding steroid dienone is 1. The molecule has 0 aliphatic rings. The smallest absolute Gasteiger partial charge is 0.264 e. The lowest BCUT2D eigenvalue weighted by Crippen LogP contribution is -2.18. The van der Waals surface area contributed by atoms with Gasteiger partial charge in [-0.25, -0.2) is 4.98 Å². The number of hydrogen-bond acceptors (Lipinski definition) is 5. The van der Waals surface area contributed by atoms with Crippen LogP contribution in [0, 0.1) is 29.6 Å². The molecule has 142 valence electrons. The average Bonchev–Trinajstić information content (AvgIpc) is 3.35. The third-order valence-electron chi connectivity index (χ3n) is 5.12. The van der Waals surface area contributed by atoms with Gasteiger partial charge in [-0.3, -0.25) is 9.20 Å². The maximum atomic E-state index is 13.4. The van der Waals surface area contributed by atoms with Gasteiger partial charge < -0.3 is 4.98 Å². The van der Waals surface area contributed by atoms with Gasteiger partial charge in [0.15, 0.2) is 0 Å². The second kappa shape index (κ2) is 6.70. The van der Waals surface area contributed by atoms with Gasteiger partial charge in [0.2, 0.25) is 0 Å². The topological polar surface area (TPSA) is 97.7 Å². The van der Waals surface area contributed by atoms with E-state index in [1.165, 1.54) is 15.7 Å². The van der Waals surface area contributed by atoms with Crippen molar-refractivity contribution in [2.75, 3.05) is 0 Å². The quantitative estimate of drug-likeness (QED) is 0.431. The van der Waals surface area contributed by atoms with Crippen LogP contribution in [-0.2, 0) is 0 Å². The maximum Gasteiger partial charge on any atom is 0.264 e. The lowest BCUT2D eigenvalue weighted by Gasteiger charge is -2.06. The van der Waals surface area contributed by atoms with E-state index in [1.54, 1.807) is 13.0 Å². The molecule has 0 fully saturated rings. The van der Waals surface area contributed by atoms with Crippen LogP contribution in [0.3, 0.4) is 0 Å². The minimum Gasteiger partial charge on any atom is -0.338 e. The van der Waals surface area contributed by atoms with Gasteiger partial charge in [0, 0.05) is 5.56 Å². The van der Waals surface area contributed by atoms with E-state index < -0.39 is 0 Å². The molecule has 5 rings (SSSR count). The SMILES string of the molecule is Cc1c(/C=C(\C#N)c2nc3ccccc3s2)c(=O)n2c([nH]c3ccccc32)c1C#N. The molecule has 0 spiro atoms. The monoisotopic (exact) mass is 407 g/mol. The van der Waals surface area contributed by atoms with Crippen LogP contribution in [0.1, 0.15) is 21.7 Å². The average molecular weight is 407 g/mol. The first-order valence-corrected chi connectivity index (χ1v) is 9.98. The number of nitrogens with one attached hydrogen (secondary N) is 1. The summed E-state index contributed by atoms with van der Waals surface area (Å²) in [4.78, 5) is 21.1. The van der Waals surface area contributed by atoms with Gasteiger partial charge in [0.05, 0.1) is 32.4 Å². The molecule has 0 unspecified atom stereocenters. The fourth-order valence-corrected chi connectivity index (χ4v) is 4.57. The molecule has 7 heteroatoms. The number of rotatable bonds is 2. The van der Waals surface area contributed by atoms with E-state index in [-0.39, 0.29) is 5.56 Å². The lowest BCUT2D eigenvalue weighted by molar-refractivity contribution is 1.11. The molecule has 0 aliphatic carbocycles. The number of aromatic nitrogens is 3. The molecule has 0 atom stereocenters. The summed E-state index contributed by atoms with van der Waals surface area (Å²) < 4.78 is 2.46. The van der Waals surface area contributed by atoms with Gasteiger partial charge in [-0.05, 0) is 42.8 Å². The van der Waals surface area contributed by atoms with E-state index in [1.807, 2.05) is 48.5 Å². The molecule has 0 aliphatic heterocycles. The molecule has 30 heavy (non-hydrogen) atoms. The zero-order chi connectivity index (χ0) is 20.8. The van der Waals surface area contributed by atoms with Crippen molar-refractivity contribution >= 4 is 49.9 Å².